The molecule has 2 atom stereocenters. The summed E-state index contributed by atoms with van der Waals surface area (Å²) >= 11 is 0. The minimum Gasteiger partial charge on any atom is -0.445 e. The lowest BCUT2D eigenvalue weighted by Gasteiger charge is -2.38. The number of carbonyl (C=O) groups excluding carboxylic acids is 2. The van der Waals surface area contributed by atoms with Gasteiger partial charge in [0.2, 0.25) is 0 Å². The molecular weight excluding hydrogens is 347 g/mol. The normalized spacial score (nSPS) is 25.5. The number of amides is 1. The Hall–Kier alpha value is -2.05. The first-order valence-electron chi connectivity index (χ1n) is 8.80. The fraction of sp³-hybridized carbons (Fsp3) is 0.579. The summed E-state index contributed by atoms with van der Waals surface area (Å²) in [5.41, 5.74) is -0.0855. The van der Waals surface area contributed by atoms with E-state index in [1.54, 1.807) is 0 Å². The van der Waals surface area contributed by atoms with Gasteiger partial charge >= 0.3 is 12.3 Å². The van der Waals surface area contributed by atoms with E-state index in [2.05, 4.69) is 0 Å². The van der Waals surface area contributed by atoms with Gasteiger partial charge in [0.25, 0.3) is 0 Å². The molecule has 1 aliphatic heterocycles. The highest BCUT2D eigenvalue weighted by molar-refractivity contribution is 5.90. The van der Waals surface area contributed by atoms with Crippen molar-refractivity contribution in [2.24, 2.45) is 17.3 Å². The zero-order valence-corrected chi connectivity index (χ0v) is 14.6. The maximum absolute atomic E-state index is 13.2. The van der Waals surface area contributed by atoms with Crippen molar-refractivity contribution in [3.8, 4) is 0 Å². The number of nitrogens with zero attached hydrogens (tertiary/aromatic N) is 1. The van der Waals surface area contributed by atoms with Crippen molar-refractivity contribution in [3.05, 3.63) is 35.9 Å². The lowest BCUT2D eigenvalue weighted by Crippen LogP contribution is -2.46. The van der Waals surface area contributed by atoms with Crippen molar-refractivity contribution < 1.29 is 27.5 Å². The highest BCUT2D eigenvalue weighted by Crippen LogP contribution is 2.53. The first-order chi connectivity index (χ1) is 12.2. The first kappa shape index (κ1) is 18.7. The number of ketones is 1. The van der Waals surface area contributed by atoms with E-state index < -0.39 is 35.3 Å². The van der Waals surface area contributed by atoms with E-state index in [1.807, 2.05) is 30.3 Å². The molecule has 0 N–H and O–H groups in total. The first-order valence-corrected chi connectivity index (χ1v) is 8.80. The van der Waals surface area contributed by atoms with Crippen LogP contribution in [0.25, 0.3) is 0 Å². The van der Waals surface area contributed by atoms with Crippen LogP contribution in [0.3, 0.4) is 0 Å². The Labute approximate surface area is 150 Å². The van der Waals surface area contributed by atoms with Crippen molar-refractivity contribution in [1.29, 1.82) is 0 Å². The van der Waals surface area contributed by atoms with Crippen LogP contribution in [0.1, 0.15) is 31.7 Å². The predicted octanol–water partition coefficient (Wildman–Crippen LogP) is 4.19. The number of alkyl halides is 3. The van der Waals surface area contributed by atoms with Gasteiger partial charge in [0.05, 0.1) is 0 Å². The van der Waals surface area contributed by atoms with E-state index in [4.69, 9.17) is 4.74 Å². The predicted molar refractivity (Wildman–Crippen MR) is 88.2 cm³/mol. The molecule has 2 aliphatic rings. The standard InChI is InChI=1S/C19H22F3NO3/c1-13-11-18(16(24)15(13)19(20,21)22)7-9-23(10-8-18)17(25)26-12-14-5-3-2-4-6-14/h2-6,13,15H,7-12H2,1H3. The Morgan fingerprint density at radius 2 is 1.85 bits per heavy atom. The van der Waals surface area contributed by atoms with Crippen LogP contribution in [0, 0.1) is 17.3 Å². The van der Waals surface area contributed by atoms with Crippen LogP contribution in [0.2, 0.25) is 0 Å². The molecule has 4 nitrogen and oxygen atoms in total. The molecular formula is C19H22F3NO3. The number of rotatable bonds is 2. The third-order valence-corrected chi connectivity index (χ3v) is 5.62. The van der Waals surface area contributed by atoms with Gasteiger partial charge in [-0.1, -0.05) is 37.3 Å². The van der Waals surface area contributed by atoms with Crippen LogP contribution < -0.4 is 0 Å². The monoisotopic (exact) mass is 369 g/mol. The molecule has 1 aromatic carbocycles. The minimum absolute atomic E-state index is 0.146. The number of halogens is 3. The van der Waals surface area contributed by atoms with Gasteiger partial charge < -0.3 is 9.64 Å². The smallest absolute Gasteiger partial charge is 0.410 e. The Kier molecular flexibility index (Phi) is 4.99. The van der Waals surface area contributed by atoms with Gasteiger partial charge in [0, 0.05) is 18.5 Å². The zero-order valence-electron chi connectivity index (χ0n) is 14.6. The summed E-state index contributed by atoms with van der Waals surface area (Å²) in [6, 6.07) is 9.24. The fourth-order valence-electron chi connectivity index (χ4n) is 4.27. The van der Waals surface area contributed by atoms with Crippen LogP contribution in [0.15, 0.2) is 30.3 Å². The number of hydrogen-bond acceptors (Lipinski definition) is 3. The second-order valence-corrected chi connectivity index (χ2v) is 7.37. The van der Waals surface area contributed by atoms with Crippen molar-refractivity contribution in [2.45, 2.75) is 39.0 Å². The molecule has 1 aromatic rings. The molecule has 1 heterocycles. The molecule has 1 saturated heterocycles. The topological polar surface area (TPSA) is 46.6 Å². The van der Waals surface area contributed by atoms with Crippen LogP contribution in [0.4, 0.5) is 18.0 Å². The molecule has 1 aliphatic carbocycles. The summed E-state index contributed by atoms with van der Waals surface area (Å²) in [5.74, 6) is -3.28. The Balaban J connectivity index is 1.57. The highest BCUT2D eigenvalue weighted by Gasteiger charge is 2.61. The zero-order chi connectivity index (χ0) is 18.9. The number of Topliss-reactive ketones (excluding diaryl/α,β-unsaturated/α-hetero) is 1. The highest BCUT2D eigenvalue weighted by atomic mass is 19.4. The summed E-state index contributed by atoms with van der Waals surface area (Å²) in [7, 11) is 0. The van der Waals surface area contributed by atoms with E-state index in [0.29, 0.717) is 0 Å². The Morgan fingerprint density at radius 1 is 1.23 bits per heavy atom. The number of likely N-dealkylation sites (tertiary alicyclic amines) is 1. The largest absolute Gasteiger partial charge is 0.445 e. The molecule has 2 fully saturated rings. The number of benzene rings is 1. The number of ether oxygens (including phenoxy) is 1. The Bertz CT molecular complexity index is 666. The second kappa shape index (κ2) is 6.93. The average Bonchev–Trinajstić information content (AvgIpc) is 2.84. The van der Waals surface area contributed by atoms with E-state index in [1.165, 1.54) is 11.8 Å². The number of piperidine rings is 1. The van der Waals surface area contributed by atoms with Crippen LogP contribution >= 0.6 is 0 Å². The van der Waals surface area contributed by atoms with Crippen molar-refractivity contribution in [2.75, 3.05) is 13.1 Å². The molecule has 2 unspecified atom stereocenters. The van der Waals surface area contributed by atoms with E-state index >= 15 is 0 Å². The summed E-state index contributed by atoms with van der Waals surface area (Å²) in [5, 5.41) is 0. The van der Waals surface area contributed by atoms with Gasteiger partial charge in [-0.15, -0.1) is 0 Å². The summed E-state index contributed by atoms with van der Waals surface area (Å²) in [6.45, 7) is 2.13. The van der Waals surface area contributed by atoms with Gasteiger partial charge in [0.1, 0.15) is 12.5 Å². The quantitative estimate of drug-likeness (QED) is 0.785. The summed E-state index contributed by atoms with van der Waals surface area (Å²) in [4.78, 5) is 26.1. The maximum atomic E-state index is 13.2. The summed E-state index contributed by atoms with van der Waals surface area (Å²) in [6.07, 6.45) is -4.21. The third-order valence-electron chi connectivity index (χ3n) is 5.62. The number of carbonyl (C=O) groups is 2. The van der Waals surface area contributed by atoms with Crippen LogP contribution in [0.5, 0.6) is 0 Å². The fourth-order valence-corrected chi connectivity index (χ4v) is 4.27. The molecule has 7 heteroatoms. The third kappa shape index (κ3) is 3.57. The SMILES string of the molecule is CC1CC2(CCN(C(=O)OCc3ccccc3)CC2)C(=O)C1C(F)(F)F. The van der Waals surface area contributed by atoms with E-state index in [-0.39, 0.29) is 39.0 Å². The summed E-state index contributed by atoms with van der Waals surface area (Å²) < 4.78 is 44.7. The Morgan fingerprint density at radius 3 is 2.38 bits per heavy atom. The van der Waals surface area contributed by atoms with Gasteiger partial charge in [-0.2, -0.15) is 13.2 Å². The maximum Gasteiger partial charge on any atom is 0.410 e. The van der Waals surface area contributed by atoms with Gasteiger partial charge in [0.15, 0.2) is 5.78 Å². The molecule has 1 amide bonds. The van der Waals surface area contributed by atoms with Gasteiger partial charge in [-0.3, -0.25) is 4.79 Å². The molecule has 0 bridgehead atoms. The molecule has 0 radical (unpaired) electrons. The van der Waals surface area contributed by atoms with E-state index in [9.17, 15) is 22.8 Å². The van der Waals surface area contributed by atoms with E-state index in [0.717, 1.165) is 5.56 Å². The van der Waals surface area contributed by atoms with Gasteiger partial charge in [-0.25, -0.2) is 4.79 Å². The van der Waals surface area contributed by atoms with Gasteiger partial charge in [-0.05, 0) is 30.7 Å². The van der Waals surface area contributed by atoms with Crippen molar-refractivity contribution >= 4 is 11.9 Å². The van der Waals surface area contributed by atoms with Crippen LogP contribution in [-0.2, 0) is 16.1 Å². The molecule has 1 saturated carbocycles. The molecule has 142 valence electrons. The molecule has 26 heavy (non-hydrogen) atoms. The average molecular weight is 369 g/mol. The van der Waals surface area contributed by atoms with Crippen molar-refractivity contribution in [3.63, 3.8) is 0 Å². The molecule has 0 aromatic heterocycles. The van der Waals surface area contributed by atoms with Crippen LogP contribution in [-0.4, -0.2) is 36.0 Å². The van der Waals surface area contributed by atoms with Crippen molar-refractivity contribution in [1.82, 2.24) is 4.90 Å². The lowest BCUT2D eigenvalue weighted by atomic mass is 9.75. The molecule has 3 rings (SSSR count). The number of hydrogen-bond donors (Lipinski definition) is 0. The lowest BCUT2D eigenvalue weighted by molar-refractivity contribution is -0.186. The molecule has 1 spiro atoms. The minimum atomic E-state index is -4.49. The second-order valence-electron chi connectivity index (χ2n) is 7.37.